The van der Waals surface area contributed by atoms with Gasteiger partial charge < -0.3 is 9.64 Å². The third kappa shape index (κ3) is 1.14. The lowest BCUT2D eigenvalue weighted by Gasteiger charge is -2.43. The monoisotopic (exact) mass is 227 g/mol. The molecule has 0 aromatic heterocycles. The Balaban J connectivity index is 1.89. The molecule has 1 aromatic carbocycles. The van der Waals surface area contributed by atoms with Gasteiger partial charge >= 0.3 is 0 Å². The van der Waals surface area contributed by atoms with E-state index in [1.54, 1.807) is 0 Å². The van der Waals surface area contributed by atoms with Gasteiger partial charge in [-0.15, -0.1) is 0 Å². The third-order valence-electron chi connectivity index (χ3n) is 4.49. The SMILES string of the molecule is CCN1C[C@]23C=C[C@H](C[C@@H]2c2ccccc21)O3. The van der Waals surface area contributed by atoms with Crippen LogP contribution in [0.3, 0.4) is 0 Å². The van der Waals surface area contributed by atoms with Crippen molar-refractivity contribution in [3.63, 3.8) is 0 Å². The molecule has 17 heavy (non-hydrogen) atoms. The molecule has 0 saturated carbocycles. The maximum Gasteiger partial charge on any atom is 0.111 e. The second-order valence-electron chi connectivity index (χ2n) is 5.33. The second kappa shape index (κ2) is 3.14. The minimum atomic E-state index is -0.0327. The van der Waals surface area contributed by atoms with Gasteiger partial charge in [0.05, 0.1) is 12.6 Å². The Morgan fingerprint density at radius 2 is 2.29 bits per heavy atom. The van der Waals surface area contributed by atoms with Crippen molar-refractivity contribution in [3.05, 3.63) is 42.0 Å². The van der Waals surface area contributed by atoms with Crippen LogP contribution < -0.4 is 4.90 Å². The molecule has 2 nitrogen and oxygen atoms in total. The molecular weight excluding hydrogens is 210 g/mol. The average molecular weight is 227 g/mol. The van der Waals surface area contributed by atoms with Crippen LogP contribution in [0.4, 0.5) is 5.69 Å². The Bertz CT molecular complexity index is 495. The van der Waals surface area contributed by atoms with Gasteiger partial charge in [0, 0.05) is 18.2 Å². The van der Waals surface area contributed by atoms with Crippen molar-refractivity contribution in [2.75, 3.05) is 18.0 Å². The van der Waals surface area contributed by atoms with Crippen molar-refractivity contribution >= 4 is 5.69 Å². The molecule has 3 heterocycles. The number of rotatable bonds is 1. The van der Waals surface area contributed by atoms with Crippen LogP contribution in [0, 0.1) is 0 Å². The lowest BCUT2D eigenvalue weighted by atomic mass is 9.75. The van der Waals surface area contributed by atoms with E-state index in [-0.39, 0.29) is 5.60 Å². The summed E-state index contributed by atoms with van der Waals surface area (Å²) in [5.74, 6) is 0.566. The van der Waals surface area contributed by atoms with Crippen LogP contribution in [0.1, 0.15) is 24.8 Å². The first-order valence-electron chi connectivity index (χ1n) is 6.53. The smallest absolute Gasteiger partial charge is 0.111 e. The van der Waals surface area contributed by atoms with E-state index in [2.05, 4.69) is 48.2 Å². The van der Waals surface area contributed by atoms with Crippen LogP contribution >= 0.6 is 0 Å². The highest BCUT2D eigenvalue weighted by atomic mass is 16.5. The Morgan fingerprint density at radius 3 is 3.12 bits per heavy atom. The summed E-state index contributed by atoms with van der Waals surface area (Å²) in [4.78, 5) is 2.45. The Labute approximate surface area is 102 Å². The average Bonchev–Trinajstić information content (AvgIpc) is 2.94. The van der Waals surface area contributed by atoms with Crippen LogP contribution in [0.2, 0.25) is 0 Å². The number of hydrogen-bond donors (Lipinski definition) is 0. The van der Waals surface area contributed by atoms with Crippen LogP contribution in [0.5, 0.6) is 0 Å². The fraction of sp³-hybridized carbons (Fsp3) is 0.467. The van der Waals surface area contributed by atoms with E-state index >= 15 is 0 Å². The molecular formula is C15H17NO. The maximum atomic E-state index is 6.20. The topological polar surface area (TPSA) is 12.5 Å². The second-order valence-corrected chi connectivity index (χ2v) is 5.33. The van der Waals surface area contributed by atoms with E-state index in [4.69, 9.17) is 4.74 Å². The highest BCUT2D eigenvalue weighted by molar-refractivity contribution is 5.61. The van der Waals surface area contributed by atoms with Gasteiger partial charge in [0.1, 0.15) is 5.60 Å². The predicted molar refractivity (Wildman–Crippen MR) is 68.4 cm³/mol. The quantitative estimate of drug-likeness (QED) is 0.684. The molecule has 1 fully saturated rings. The molecule has 3 aliphatic heterocycles. The molecule has 1 spiro atoms. The van der Waals surface area contributed by atoms with Crippen LogP contribution in [-0.2, 0) is 4.74 Å². The molecule has 2 heteroatoms. The zero-order valence-electron chi connectivity index (χ0n) is 10.1. The van der Waals surface area contributed by atoms with Crippen molar-refractivity contribution in [2.45, 2.75) is 31.0 Å². The van der Waals surface area contributed by atoms with Gasteiger partial charge in [-0.2, -0.15) is 0 Å². The van der Waals surface area contributed by atoms with Gasteiger partial charge in [-0.25, -0.2) is 0 Å². The van der Waals surface area contributed by atoms with Crippen molar-refractivity contribution in [1.82, 2.24) is 0 Å². The van der Waals surface area contributed by atoms with E-state index < -0.39 is 0 Å². The molecule has 0 radical (unpaired) electrons. The van der Waals surface area contributed by atoms with Gasteiger partial charge in [-0.05, 0) is 25.0 Å². The molecule has 2 bridgehead atoms. The fourth-order valence-corrected chi connectivity index (χ4v) is 3.71. The molecule has 3 atom stereocenters. The van der Waals surface area contributed by atoms with E-state index in [0.717, 1.165) is 19.5 Å². The molecule has 0 amide bonds. The standard InChI is InChI=1S/C15H17NO/c1-2-16-10-15-8-7-11(17-15)9-13(15)12-5-3-4-6-14(12)16/h3-8,11,13H,2,9-10H2,1H3/t11-,13-,15-/m1/s1. The largest absolute Gasteiger partial charge is 0.368 e. The number of likely N-dealkylation sites (N-methyl/N-ethyl adjacent to an activating group) is 1. The molecule has 0 unspecified atom stereocenters. The summed E-state index contributed by atoms with van der Waals surface area (Å²) < 4.78 is 6.20. The molecule has 3 aliphatic rings. The van der Waals surface area contributed by atoms with E-state index in [0.29, 0.717) is 12.0 Å². The number of para-hydroxylation sites is 1. The maximum absolute atomic E-state index is 6.20. The van der Waals surface area contributed by atoms with Crippen molar-refractivity contribution in [3.8, 4) is 0 Å². The van der Waals surface area contributed by atoms with Crippen LogP contribution in [0.15, 0.2) is 36.4 Å². The first-order valence-corrected chi connectivity index (χ1v) is 6.53. The predicted octanol–water partition coefficient (Wildman–Crippen LogP) is 2.71. The highest BCUT2D eigenvalue weighted by Gasteiger charge is 2.54. The zero-order chi connectivity index (χ0) is 11.5. The summed E-state index contributed by atoms with van der Waals surface area (Å²) >= 11 is 0. The first kappa shape index (κ1) is 9.72. The van der Waals surface area contributed by atoms with E-state index in [1.165, 1.54) is 11.3 Å². The van der Waals surface area contributed by atoms with Crippen molar-refractivity contribution in [2.24, 2.45) is 0 Å². The normalized spacial score (nSPS) is 37.1. The number of hydrogen-bond acceptors (Lipinski definition) is 2. The van der Waals surface area contributed by atoms with Gasteiger partial charge in [-0.1, -0.05) is 30.4 Å². The number of ether oxygens (including phenoxy) is 1. The highest BCUT2D eigenvalue weighted by Crippen LogP contribution is 2.54. The van der Waals surface area contributed by atoms with Gasteiger partial charge in [0.2, 0.25) is 0 Å². The lowest BCUT2D eigenvalue weighted by molar-refractivity contribution is 0.0280. The van der Waals surface area contributed by atoms with Gasteiger partial charge in [0.15, 0.2) is 0 Å². The zero-order valence-corrected chi connectivity index (χ0v) is 10.1. The summed E-state index contributed by atoms with van der Waals surface area (Å²) in [5.41, 5.74) is 2.86. The molecule has 4 rings (SSSR count). The van der Waals surface area contributed by atoms with Crippen LogP contribution in [-0.4, -0.2) is 24.8 Å². The molecule has 1 aromatic rings. The molecule has 1 saturated heterocycles. The van der Waals surface area contributed by atoms with Crippen molar-refractivity contribution < 1.29 is 4.74 Å². The Hall–Kier alpha value is -1.28. The Morgan fingerprint density at radius 1 is 1.41 bits per heavy atom. The van der Waals surface area contributed by atoms with E-state index in [9.17, 15) is 0 Å². The molecule has 88 valence electrons. The number of anilines is 1. The minimum absolute atomic E-state index is 0.0327. The van der Waals surface area contributed by atoms with Crippen LogP contribution in [0.25, 0.3) is 0 Å². The number of fused-ring (bicyclic) bond motifs is 3. The number of nitrogens with zero attached hydrogens (tertiary/aromatic N) is 1. The summed E-state index contributed by atoms with van der Waals surface area (Å²) in [6.45, 7) is 4.28. The number of benzene rings is 1. The van der Waals surface area contributed by atoms with E-state index in [1.807, 2.05) is 0 Å². The lowest BCUT2D eigenvalue weighted by Crippen LogP contribution is -2.48. The summed E-state index contributed by atoms with van der Waals surface area (Å²) in [5, 5.41) is 0. The van der Waals surface area contributed by atoms with Gasteiger partial charge in [0.25, 0.3) is 0 Å². The molecule has 0 aliphatic carbocycles. The third-order valence-corrected chi connectivity index (χ3v) is 4.49. The fourth-order valence-electron chi connectivity index (χ4n) is 3.71. The first-order chi connectivity index (χ1) is 8.32. The Kier molecular flexibility index (Phi) is 1.79. The summed E-state index contributed by atoms with van der Waals surface area (Å²) in [6, 6.07) is 8.83. The van der Waals surface area contributed by atoms with Crippen molar-refractivity contribution in [1.29, 1.82) is 0 Å². The summed E-state index contributed by atoms with van der Waals surface area (Å²) in [6.07, 6.45) is 6.07. The summed E-state index contributed by atoms with van der Waals surface area (Å²) in [7, 11) is 0. The molecule has 0 N–H and O–H groups in total. The minimum Gasteiger partial charge on any atom is -0.368 e. The van der Waals surface area contributed by atoms with Gasteiger partial charge in [-0.3, -0.25) is 0 Å².